The van der Waals surface area contributed by atoms with Crippen LogP contribution in [0.15, 0.2) is 4.99 Å². The summed E-state index contributed by atoms with van der Waals surface area (Å²) in [7, 11) is 1.83. The van der Waals surface area contributed by atoms with E-state index in [-0.39, 0.29) is 28.7 Å². The van der Waals surface area contributed by atoms with Gasteiger partial charge in [0.2, 0.25) is 0 Å². The Balaban J connectivity index is 0.00000312. The molecule has 0 aliphatic carbocycles. The molecule has 0 radical (unpaired) electrons. The van der Waals surface area contributed by atoms with Crippen LogP contribution in [0.3, 0.4) is 0 Å². The Morgan fingerprint density at radius 3 is 2.60 bits per heavy atom. The fourth-order valence-corrected chi connectivity index (χ4v) is 5.00. The van der Waals surface area contributed by atoms with Crippen molar-refractivity contribution in [2.45, 2.75) is 44.8 Å². The monoisotopic (exact) mass is 498 g/mol. The van der Waals surface area contributed by atoms with Gasteiger partial charge in [0.25, 0.3) is 0 Å². The van der Waals surface area contributed by atoms with Gasteiger partial charge in [0.15, 0.2) is 5.96 Å². The maximum Gasteiger partial charge on any atom is 0.191 e. The molecule has 1 aliphatic heterocycles. The van der Waals surface area contributed by atoms with E-state index in [9.17, 15) is 0 Å². The maximum atomic E-state index is 5.54. The first-order valence-corrected chi connectivity index (χ1v) is 10.5. The van der Waals surface area contributed by atoms with E-state index in [0.717, 1.165) is 63.0 Å². The lowest BCUT2D eigenvalue weighted by Gasteiger charge is -2.37. The van der Waals surface area contributed by atoms with Crippen LogP contribution in [0.1, 0.15) is 35.3 Å². The molecule has 2 rings (SSSR count). The maximum absolute atomic E-state index is 5.54. The van der Waals surface area contributed by atoms with Crippen LogP contribution in [-0.2, 0) is 11.2 Å². The van der Waals surface area contributed by atoms with Crippen molar-refractivity contribution >= 4 is 53.0 Å². The highest BCUT2D eigenvalue weighted by atomic mass is 127. The van der Waals surface area contributed by atoms with Crippen molar-refractivity contribution in [2.24, 2.45) is 4.99 Å². The Morgan fingerprint density at radius 2 is 2.04 bits per heavy atom. The Bertz CT molecular complexity index is 520. The molecule has 144 valence electrons. The highest BCUT2D eigenvalue weighted by Gasteiger charge is 2.32. The van der Waals surface area contributed by atoms with Gasteiger partial charge in [-0.3, -0.25) is 4.99 Å². The van der Waals surface area contributed by atoms with Crippen LogP contribution in [0.2, 0.25) is 0 Å². The van der Waals surface area contributed by atoms with Gasteiger partial charge in [-0.2, -0.15) is 11.8 Å². The zero-order valence-corrected chi connectivity index (χ0v) is 19.6. The predicted octanol–water partition coefficient (Wildman–Crippen LogP) is 3.39. The summed E-state index contributed by atoms with van der Waals surface area (Å²) < 4.78 is 5.81. The molecule has 1 aliphatic rings. The van der Waals surface area contributed by atoms with Gasteiger partial charge < -0.3 is 15.4 Å². The van der Waals surface area contributed by atoms with Gasteiger partial charge in [-0.15, -0.1) is 35.3 Å². The first-order chi connectivity index (χ1) is 11.6. The van der Waals surface area contributed by atoms with Crippen LogP contribution >= 0.6 is 47.1 Å². The van der Waals surface area contributed by atoms with Gasteiger partial charge in [-0.1, -0.05) is 6.92 Å². The summed E-state index contributed by atoms with van der Waals surface area (Å²) in [4.78, 5) is 10.3. The number of thiazole rings is 1. The molecule has 1 aromatic heterocycles. The number of nitrogens with one attached hydrogen (secondary N) is 2. The highest BCUT2D eigenvalue weighted by molar-refractivity contribution is 14.0. The number of halogens is 1. The third-order valence-corrected chi connectivity index (χ3v) is 6.95. The summed E-state index contributed by atoms with van der Waals surface area (Å²) in [5.41, 5.74) is 1.15. The number of ether oxygens (including phenoxy) is 1. The molecular formula is C17H31IN4OS2. The first-order valence-electron chi connectivity index (χ1n) is 8.67. The Kier molecular flexibility index (Phi) is 10.7. The lowest BCUT2D eigenvalue weighted by molar-refractivity contribution is 0.0782. The molecule has 0 saturated carbocycles. The Hall–Kier alpha value is -0.0600. The van der Waals surface area contributed by atoms with Crippen molar-refractivity contribution in [2.75, 3.05) is 39.1 Å². The average molecular weight is 499 g/mol. The third kappa shape index (κ3) is 7.22. The molecule has 0 amide bonds. The fourth-order valence-electron chi connectivity index (χ4n) is 2.82. The minimum atomic E-state index is 0. The smallest absolute Gasteiger partial charge is 0.191 e. The molecule has 25 heavy (non-hydrogen) atoms. The van der Waals surface area contributed by atoms with Crippen LogP contribution in [0.25, 0.3) is 0 Å². The summed E-state index contributed by atoms with van der Waals surface area (Å²) in [6, 6.07) is 0. The molecule has 1 aromatic rings. The quantitative estimate of drug-likeness (QED) is 0.343. The van der Waals surface area contributed by atoms with Crippen LogP contribution in [0, 0.1) is 13.8 Å². The summed E-state index contributed by atoms with van der Waals surface area (Å²) in [5.74, 6) is 2.01. The van der Waals surface area contributed by atoms with E-state index in [1.165, 1.54) is 9.88 Å². The molecular weight excluding hydrogens is 467 g/mol. The van der Waals surface area contributed by atoms with E-state index >= 15 is 0 Å². The fraction of sp³-hybridized carbons (Fsp3) is 0.765. The minimum absolute atomic E-state index is 0. The molecule has 2 heterocycles. The molecule has 8 heteroatoms. The topological polar surface area (TPSA) is 58.5 Å². The second kappa shape index (κ2) is 11.6. The second-order valence-electron chi connectivity index (χ2n) is 6.08. The van der Waals surface area contributed by atoms with Crippen LogP contribution < -0.4 is 10.6 Å². The standard InChI is InChI=1S/C17H30N4OS2.HI/c1-5-23-17(7-10-22-11-8-17)12-20-16(18-4)19-9-6-15-21-13(2)14(3)24-15;/h5-12H2,1-4H3,(H2,18,19,20);1H. The van der Waals surface area contributed by atoms with Gasteiger partial charge in [0.1, 0.15) is 0 Å². The van der Waals surface area contributed by atoms with Gasteiger partial charge in [-0.05, 0) is 32.4 Å². The first kappa shape index (κ1) is 23.0. The molecule has 1 fully saturated rings. The van der Waals surface area contributed by atoms with Crippen molar-refractivity contribution in [3.05, 3.63) is 15.6 Å². The SMILES string of the molecule is CCSC1(CNC(=NC)NCCc2nc(C)c(C)s2)CCOCC1.I. The molecule has 0 bridgehead atoms. The van der Waals surface area contributed by atoms with Gasteiger partial charge in [0, 0.05) is 49.4 Å². The van der Waals surface area contributed by atoms with Crippen molar-refractivity contribution in [3.63, 3.8) is 0 Å². The largest absolute Gasteiger partial charge is 0.381 e. The predicted molar refractivity (Wildman–Crippen MR) is 121 cm³/mol. The number of rotatable bonds is 7. The zero-order valence-electron chi connectivity index (χ0n) is 15.7. The van der Waals surface area contributed by atoms with Gasteiger partial charge in [-0.25, -0.2) is 4.98 Å². The number of aromatic nitrogens is 1. The van der Waals surface area contributed by atoms with E-state index in [0.29, 0.717) is 0 Å². The van der Waals surface area contributed by atoms with E-state index in [1.54, 1.807) is 11.3 Å². The van der Waals surface area contributed by atoms with Crippen molar-refractivity contribution in [1.82, 2.24) is 15.6 Å². The Labute approximate surface area is 177 Å². The molecule has 0 aromatic carbocycles. The van der Waals surface area contributed by atoms with Crippen LogP contribution in [0.4, 0.5) is 0 Å². The molecule has 2 N–H and O–H groups in total. The third-order valence-electron chi connectivity index (χ3n) is 4.36. The molecule has 0 unspecified atom stereocenters. The number of nitrogens with zero attached hydrogens (tertiary/aromatic N) is 2. The number of aliphatic imine (C=N–C) groups is 1. The highest BCUT2D eigenvalue weighted by Crippen LogP contribution is 2.34. The van der Waals surface area contributed by atoms with Crippen molar-refractivity contribution in [3.8, 4) is 0 Å². The van der Waals surface area contributed by atoms with Gasteiger partial charge in [0.05, 0.1) is 10.7 Å². The number of guanidine groups is 1. The molecule has 5 nitrogen and oxygen atoms in total. The lowest BCUT2D eigenvalue weighted by atomic mass is 9.99. The number of hydrogen-bond donors (Lipinski definition) is 2. The van der Waals surface area contributed by atoms with Crippen LogP contribution in [0.5, 0.6) is 0 Å². The van der Waals surface area contributed by atoms with Crippen LogP contribution in [-0.4, -0.2) is 54.8 Å². The Morgan fingerprint density at radius 1 is 1.32 bits per heavy atom. The number of aryl methyl sites for hydroxylation is 2. The lowest BCUT2D eigenvalue weighted by Crippen LogP contribution is -2.48. The molecule has 0 spiro atoms. The second-order valence-corrected chi connectivity index (χ2v) is 9.10. The van der Waals surface area contributed by atoms with E-state index in [1.807, 2.05) is 18.8 Å². The summed E-state index contributed by atoms with van der Waals surface area (Å²) in [6.45, 7) is 9.94. The van der Waals surface area contributed by atoms with Crippen molar-refractivity contribution < 1.29 is 4.74 Å². The zero-order chi connectivity index (χ0) is 17.4. The number of hydrogen-bond acceptors (Lipinski definition) is 5. The average Bonchev–Trinajstić information content (AvgIpc) is 2.90. The normalized spacial score (nSPS) is 17.0. The van der Waals surface area contributed by atoms with E-state index in [2.05, 4.69) is 41.4 Å². The summed E-state index contributed by atoms with van der Waals surface area (Å²) in [6.07, 6.45) is 3.14. The van der Waals surface area contributed by atoms with Crippen molar-refractivity contribution in [1.29, 1.82) is 0 Å². The molecule has 1 saturated heterocycles. The number of thioether (sulfide) groups is 1. The summed E-state index contributed by atoms with van der Waals surface area (Å²) >= 11 is 3.83. The van der Waals surface area contributed by atoms with E-state index in [4.69, 9.17) is 4.74 Å². The van der Waals surface area contributed by atoms with Gasteiger partial charge >= 0.3 is 0 Å². The van der Waals surface area contributed by atoms with E-state index < -0.39 is 0 Å². The molecule has 0 atom stereocenters. The minimum Gasteiger partial charge on any atom is -0.381 e. The summed E-state index contributed by atoms with van der Waals surface area (Å²) in [5, 5.41) is 8.11.